The molecule has 1 aromatic carbocycles. The molecule has 1 amide bonds. The van der Waals surface area contributed by atoms with Gasteiger partial charge in [-0.15, -0.1) is 0 Å². The van der Waals surface area contributed by atoms with E-state index in [0.29, 0.717) is 6.92 Å². The lowest BCUT2D eigenvalue weighted by Crippen LogP contribution is -2.44. The zero-order valence-corrected chi connectivity index (χ0v) is 22.3. The van der Waals surface area contributed by atoms with E-state index in [4.69, 9.17) is 22.1 Å². The molecule has 0 saturated carbocycles. The minimum absolute atomic E-state index is 0.00321. The largest absolute Gasteiger partial charge is 0.484 e. The summed E-state index contributed by atoms with van der Waals surface area (Å²) < 4.78 is 50.2. The Balaban J connectivity index is 1.88. The molecule has 0 unspecified atom stereocenters. The number of aliphatic hydroxyl groups excluding tert-OH is 1. The maximum atomic E-state index is 15.4. The standard InChI is InChI=1S/C26H24F3N5O4S/c1-5-19-20(38-9-8-35)22(36)32-13-16(11-18(27)21(32)31-19)34-24(39)33(23(37)25(34,2)3)15-7-6-14(12-30)17(10-15)26(4,28)29/h6-7,10-11,13,35H,5,8-9H2,1-4H3. The van der Waals surface area contributed by atoms with Crippen molar-refractivity contribution in [3.63, 3.8) is 0 Å². The first kappa shape index (κ1) is 28.0. The number of aromatic nitrogens is 2. The van der Waals surface area contributed by atoms with Crippen LogP contribution in [0, 0.1) is 17.1 Å². The molecule has 9 nitrogen and oxygen atoms in total. The van der Waals surface area contributed by atoms with E-state index in [1.807, 2.05) is 0 Å². The van der Waals surface area contributed by atoms with Crippen LogP contribution in [0.4, 0.5) is 24.5 Å². The Morgan fingerprint density at radius 3 is 2.51 bits per heavy atom. The third-order valence-corrected chi connectivity index (χ3v) is 6.71. The van der Waals surface area contributed by atoms with Crippen molar-refractivity contribution in [1.82, 2.24) is 9.38 Å². The lowest BCUT2D eigenvalue weighted by molar-refractivity contribution is -0.120. The normalized spacial score (nSPS) is 15.3. The third kappa shape index (κ3) is 4.59. The Morgan fingerprint density at radius 1 is 1.23 bits per heavy atom. The minimum Gasteiger partial charge on any atom is -0.484 e. The fourth-order valence-electron chi connectivity index (χ4n) is 4.46. The van der Waals surface area contributed by atoms with Crippen LogP contribution in [0.3, 0.4) is 0 Å². The third-order valence-electron chi connectivity index (χ3n) is 6.35. The van der Waals surface area contributed by atoms with Crippen LogP contribution in [-0.2, 0) is 17.1 Å². The number of nitrogens with zero attached hydrogens (tertiary/aromatic N) is 5. The maximum absolute atomic E-state index is 15.4. The van der Waals surface area contributed by atoms with E-state index in [1.54, 1.807) is 13.0 Å². The second-order valence-corrected chi connectivity index (χ2v) is 9.77. The highest BCUT2D eigenvalue weighted by Gasteiger charge is 2.51. The second-order valence-electron chi connectivity index (χ2n) is 9.41. The SMILES string of the molecule is CCc1nc2c(F)cc(N3C(=S)N(c4ccc(C#N)c(C(C)(F)F)c4)C(=O)C3(C)C)cn2c(=O)c1OCCO. The number of fused-ring (bicyclic) bond motifs is 1. The van der Waals surface area contributed by atoms with Crippen molar-refractivity contribution in [2.75, 3.05) is 23.0 Å². The number of aryl methyl sites for hydroxylation is 1. The van der Waals surface area contributed by atoms with Crippen molar-refractivity contribution in [3.8, 4) is 11.8 Å². The molecule has 0 spiro atoms. The predicted octanol–water partition coefficient (Wildman–Crippen LogP) is 3.67. The van der Waals surface area contributed by atoms with Crippen molar-refractivity contribution in [3.05, 3.63) is 63.5 Å². The van der Waals surface area contributed by atoms with Crippen LogP contribution in [0.25, 0.3) is 5.65 Å². The Bertz CT molecular complexity index is 1610. The molecule has 4 rings (SSSR count). The monoisotopic (exact) mass is 559 g/mol. The smallest absolute Gasteiger partial charge is 0.300 e. The lowest BCUT2D eigenvalue weighted by Gasteiger charge is -2.29. The Kier molecular flexibility index (Phi) is 7.14. The molecular weight excluding hydrogens is 535 g/mol. The van der Waals surface area contributed by atoms with Gasteiger partial charge in [-0.05, 0) is 50.7 Å². The summed E-state index contributed by atoms with van der Waals surface area (Å²) in [6, 6.07) is 6.31. The minimum atomic E-state index is -3.37. The molecule has 3 heterocycles. The fourth-order valence-corrected chi connectivity index (χ4v) is 4.98. The maximum Gasteiger partial charge on any atom is 0.300 e. The average molecular weight is 560 g/mol. The number of aliphatic hydroxyl groups is 1. The van der Waals surface area contributed by atoms with Crippen LogP contribution in [0.15, 0.2) is 35.3 Å². The first-order valence-corrected chi connectivity index (χ1v) is 12.3. The molecule has 204 valence electrons. The number of ether oxygens (including phenoxy) is 1. The quantitative estimate of drug-likeness (QED) is 0.437. The summed E-state index contributed by atoms with van der Waals surface area (Å²) in [6.45, 7) is 4.85. The number of rotatable bonds is 7. The number of carbonyl (C=O) groups is 1. The first-order chi connectivity index (χ1) is 18.3. The number of thiocarbonyl (C=S) groups is 1. The summed E-state index contributed by atoms with van der Waals surface area (Å²) in [6.07, 6.45) is 1.53. The van der Waals surface area contributed by atoms with Crippen LogP contribution in [0.2, 0.25) is 0 Å². The number of halogens is 3. The molecule has 1 fully saturated rings. The molecular formula is C26H24F3N5O4S. The molecule has 2 aromatic heterocycles. The summed E-state index contributed by atoms with van der Waals surface area (Å²) in [7, 11) is 0. The van der Waals surface area contributed by atoms with Crippen molar-refractivity contribution in [1.29, 1.82) is 5.26 Å². The number of carbonyl (C=O) groups excluding carboxylic acids is 1. The molecule has 0 radical (unpaired) electrons. The highest BCUT2D eigenvalue weighted by atomic mass is 32.1. The summed E-state index contributed by atoms with van der Waals surface area (Å²) >= 11 is 5.57. The zero-order valence-electron chi connectivity index (χ0n) is 21.5. The molecule has 1 aliphatic rings. The molecule has 3 aromatic rings. The number of hydrogen-bond acceptors (Lipinski definition) is 7. The zero-order chi connectivity index (χ0) is 28.9. The van der Waals surface area contributed by atoms with E-state index in [-0.39, 0.29) is 58.8 Å². The molecule has 1 saturated heterocycles. The number of amides is 1. The topological polar surface area (TPSA) is 111 Å². The van der Waals surface area contributed by atoms with E-state index in [9.17, 15) is 23.6 Å². The van der Waals surface area contributed by atoms with Gasteiger partial charge in [0.1, 0.15) is 12.1 Å². The van der Waals surface area contributed by atoms with Crippen molar-refractivity contribution >= 4 is 40.3 Å². The molecule has 13 heteroatoms. The fraction of sp³-hybridized carbons (Fsp3) is 0.346. The molecule has 1 aliphatic heterocycles. The van der Waals surface area contributed by atoms with Crippen LogP contribution in [-0.4, -0.2) is 44.3 Å². The van der Waals surface area contributed by atoms with Gasteiger partial charge < -0.3 is 14.7 Å². The molecule has 0 atom stereocenters. The number of hydrogen-bond donors (Lipinski definition) is 1. The molecule has 1 N–H and O–H groups in total. The van der Waals surface area contributed by atoms with E-state index in [2.05, 4.69) is 4.98 Å². The Labute approximate surface area is 226 Å². The van der Waals surface area contributed by atoms with Gasteiger partial charge in [0.05, 0.1) is 35.3 Å². The Hall–Kier alpha value is -4.02. The van der Waals surface area contributed by atoms with Crippen molar-refractivity contribution in [2.24, 2.45) is 0 Å². The summed E-state index contributed by atoms with van der Waals surface area (Å²) in [4.78, 5) is 33.3. The van der Waals surface area contributed by atoms with Crippen molar-refractivity contribution in [2.45, 2.75) is 45.6 Å². The van der Waals surface area contributed by atoms with Gasteiger partial charge in [-0.2, -0.15) is 5.26 Å². The van der Waals surface area contributed by atoms with Gasteiger partial charge in [-0.1, -0.05) is 6.92 Å². The van der Waals surface area contributed by atoms with Crippen LogP contribution in [0.1, 0.15) is 44.5 Å². The summed E-state index contributed by atoms with van der Waals surface area (Å²) in [5, 5.41) is 18.2. The average Bonchev–Trinajstić information content (AvgIpc) is 3.05. The molecule has 39 heavy (non-hydrogen) atoms. The van der Waals surface area contributed by atoms with E-state index in [0.717, 1.165) is 21.4 Å². The van der Waals surface area contributed by atoms with Gasteiger partial charge in [-0.3, -0.25) is 18.9 Å². The van der Waals surface area contributed by atoms with E-state index < -0.39 is 34.3 Å². The highest BCUT2D eigenvalue weighted by Crippen LogP contribution is 2.39. The van der Waals surface area contributed by atoms with Gasteiger partial charge in [0.2, 0.25) is 5.75 Å². The number of benzene rings is 1. The van der Waals surface area contributed by atoms with Crippen molar-refractivity contribution < 1.29 is 27.8 Å². The second kappa shape index (κ2) is 9.94. The van der Waals surface area contributed by atoms with Gasteiger partial charge in [0.15, 0.2) is 16.6 Å². The van der Waals surface area contributed by atoms with Gasteiger partial charge >= 0.3 is 5.56 Å². The van der Waals surface area contributed by atoms with Gasteiger partial charge in [0, 0.05) is 24.8 Å². The summed E-state index contributed by atoms with van der Waals surface area (Å²) in [5.74, 6) is -4.98. The number of alkyl halides is 2. The Morgan fingerprint density at radius 2 is 1.92 bits per heavy atom. The van der Waals surface area contributed by atoms with Crippen LogP contribution in [0.5, 0.6) is 5.75 Å². The number of pyridine rings is 1. The predicted molar refractivity (Wildman–Crippen MR) is 141 cm³/mol. The summed E-state index contributed by atoms with van der Waals surface area (Å²) in [5.41, 5.74) is -3.01. The lowest BCUT2D eigenvalue weighted by atomic mass is 10.0. The van der Waals surface area contributed by atoms with Crippen LogP contribution < -0.4 is 20.1 Å². The first-order valence-electron chi connectivity index (χ1n) is 11.9. The van der Waals surface area contributed by atoms with Crippen LogP contribution >= 0.6 is 12.2 Å². The van der Waals surface area contributed by atoms with Gasteiger partial charge in [0.25, 0.3) is 11.8 Å². The van der Waals surface area contributed by atoms with Gasteiger partial charge in [-0.25, -0.2) is 18.2 Å². The van der Waals surface area contributed by atoms with E-state index in [1.165, 1.54) is 37.1 Å². The number of nitriles is 1. The molecule has 0 bridgehead atoms. The highest BCUT2D eigenvalue weighted by molar-refractivity contribution is 7.81. The molecule has 0 aliphatic carbocycles. The van der Waals surface area contributed by atoms with E-state index >= 15 is 4.39 Å². The number of anilines is 2.